The fourth-order valence-corrected chi connectivity index (χ4v) is 2.18. The normalized spacial score (nSPS) is 19.2. The van der Waals surface area contributed by atoms with Crippen molar-refractivity contribution in [2.24, 2.45) is 0 Å². The molecule has 0 radical (unpaired) electrons. The Morgan fingerprint density at radius 3 is 2.94 bits per heavy atom. The molecule has 5 heteroatoms. The number of nitrogens with zero attached hydrogens (tertiary/aromatic N) is 2. The molecule has 2 aromatic heterocycles. The van der Waals surface area contributed by atoms with Gasteiger partial charge in [0.25, 0.3) is 0 Å². The summed E-state index contributed by atoms with van der Waals surface area (Å²) in [6.07, 6.45) is 1.60. The molecule has 0 aromatic carbocycles. The summed E-state index contributed by atoms with van der Waals surface area (Å²) >= 11 is 0. The second kappa shape index (κ2) is 3.72. The van der Waals surface area contributed by atoms with Crippen molar-refractivity contribution in [3.8, 4) is 11.5 Å². The van der Waals surface area contributed by atoms with E-state index >= 15 is 0 Å². The zero-order chi connectivity index (χ0) is 11.9. The van der Waals surface area contributed by atoms with Crippen molar-refractivity contribution in [2.45, 2.75) is 19.1 Å². The molecule has 0 unspecified atom stereocenters. The lowest BCUT2D eigenvalue weighted by atomic mass is 9.97. The van der Waals surface area contributed by atoms with Gasteiger partial charge in [0.2, 0.25) is 5.76 Å². The number of aromatic nitrogens is 1. The van der Waals surface area contributed by atoms with E-state index in [1.807, 2.05) is 25.1 Å². The van der Waals surface area contributed by atoms with Crippen LogP contribution < -0.4 is 0 Å². The first-order chi connectivity index (χ1) is 8.12. The van der Waals surface area contributed by atoms with Gasteiger partial charge in [0.1, 0.15) is 0 Å². The Balaban J connectivity index is 1.66. The van der Waals surface area contributed by atoms with E-state index in [2.05, 4.69) is 10.1 Å². The van der Waals surface area contributed by atoms with Crippen LogP contribution in [0.15, 0.2) is 33.4 Å². The minimum atomic E-state index is -0.548. The molecular formula is C12H14N2O3. The van der Waals surface area contributed by atoms with Crippen molar-refractivity contribution >= 4 is 0 Å². The predicted octanol–water partition coefficient (Wildman–Crippen LogP) is 1.50. The molecule has 0 atom stereocenters. The fourth-order valence-electron chi connectivity index (χ4n) is 2.18. The van der Waals surface area contributed by atoms with E-state index in [1.54, 1.807) is 6.26 Å². The van der Waals surface area contributed by atoms with Crippen molar-refractivity contribution in [1.82, 2.24) is 10.1 Å². The molecular weight excluding hydrogens is 220 g/mol. The van der Waals surface area contributed by atoms with Crippen molar-refractivity contribution in [2.75, 3.05) is 13.1 Å². The highest BCUT2D eigenvalue weighted by Crippen LogP contribution is 2.24. The molecule has 1 saturated heterocycles. The lowest BCUT2D eigenvalue weighted by Gasteiger charge is -2.43. The topological polar surface area (TPSA) is 62.6 Å². The van der Waals surface area contributed by atoms with Crippen molar-refractivity contribution in [3.63, 3.8) is 0 Å². The number of furan rings is 1. The molecule has 0 aliphatic carbocycles. The Labute approximate surface area is 98.6 Å². The first-order valence-corrected chi connectivity index (χ1v) is 5.57. The Bertz CT molecular complexity index is 494. The standard InChI is InChI=1S/C12H14N2O3/c1-12(15)7-14(8-12)6-9-5-11(17-13-9)10-3-2-4-16-10/h2-5,15H,6-8H2,1H3. The molecule has 90 valence electrons. The number of hydrogen-bond acceptors (Lipinski definition) is 5. The maximum absolute atomic E-state index is 9.62. The zero-order valence-corrected chi connectivity index (χ0v) is 9.59. The van der Waals surface area contributed by atoms with Crippen LogP contribution in [0, 0.1) is 0 Å². The van der Waals surface area contributed by atoms with E-state index in [0.29, 0.717) is 31.2 Å². The molecule has 1 fully saturated rings. The van der Waals surface area contributed by atoms with Crippen LogP contribution in [0.25, 0.3) is 11.5 Å². The van der Waals surface area contributed by atoms with Gasteiger partial charge in [-0.3, -0.25) is 4.90 Å². The van der Waals surface area contributed by atoms with Crippen LogP contribution in [-0.2, 0) is 6.54 Å². The molecule has 1 aliphatic rings. The summed E-state index contributed by atoms with van der Waals surface area (Å²) in [5.74, 6) is 1.32. The molecule has 2 aromatic rings. The minimum Gasteiger partial charge on any atom is -0.461 e. The fraction of sp³-hybridized carbons (Fsp3) is 0.417. The average Bonchev–Trinajstić information content (AvgIpc) is 2.82. The Morgan fingerprint density at radius 2 is 2.29 bits per heavy atom. The van der Waals surface area contributed by atoms with Gasteiger partial charge >= 0.3 is 0 Å². The minimum absolute atomic E-state index is 0.548. The summed E-state index contributed by atoms with van der Waals surface area (Å²) < 4.78 is 10.4. The number of rotatable bonds is 3. The second-order valence-corrected chi connectivity index (χ2v) is 4.80. The SMILES string of the molecule is CC1(O)CN(Cc2cc(-c3ccco3)on2)C1. The van der Waals surface area contributed by atoms with Gasteiger partial charge in [0.05, 0.1) is 17.6 Å². The quantitative estimate of drug-likeness (QED) is 0.872. The van der Waals surface area contributed by atoms with Crippen molar-refractivity contribution < 1.29 is 14.0 Å². The van der Waals surface area contributed by atoms with Gasteiger partial charge in [-0.1, -0.05) is 5.16 Å². The van der Waals surface area contributed by atoms with Crippen LogP contribution in [0.4, 0.5) is 0 Å². The summed E-state index contributed by atoms with van der Waals surface area (Å²) in [6, 6.07) is 5.51. The summed E-state index contributed by atoms with van der Waals surface area (Å²) in [5, 5.41) is 13.6. The summed E-state index contributed by atoms with van der Waals surface area (Å²) in [4.78, 5) is 2.11. The van der Waals surface area contributed by atoms with Crippen LogP contribution in [-0.4, -0.2) is 33.9 Å². The smallest absolute Gasteiger partial charge is 0.202 e. The summed E-state index contributed by atoms with van der Waals surface area (Å²) in [5.41, 5.74) is 0.306. The third-order valence-corrected chi connectivity index (χ3v) is 2.84. The largest absolute Gasteiger partial charge is 0.461 e. The number of aliphatic hydroxyl groups is 1. The van der Waals surface area contributed by atoms with Crippen LogP contribution in [0.5, 0.6) is 0 Å². The monoisotopic (exact) mass is 234 g/mol. The zero-order valence-electron chi connectivity index (χ0n) is 9.59. The van der Waals surface area contributed by atoms with Crippen LogP contribution in [0.1, 0.15) is 12.6 Å². The highest BCUT2D eigenvalue weighted by molar-refractivity contribution is 5.49. The third-order valence-electron chi connectivity index (χ3n) is 2.84. The lowest BCUT2D eigenvalue weighted by Crippen LogP contribution is -2.59. The maximum Gasteiger partial charge on any atom is 0.202 e. The van der Waals surface area contributed by atoms with Gasteiger partial charge in [-0.15, -0.1) is 0 Å². The average molecular weight is 234 g/mol. The molecule has 0 spiro atoms. The third kappa shape index (κ3) is 2.11. The van der Waals surface area contributed by atoms with Gasteiger partial charge in [-0.05, 0) is 19.1 Å². The molecule has 17 heavy (non-hydrogen) atoms. The lowest BCUT2D eigenvalue weighted by molar-refractivity contribution is -0.0877. The first kappa shape index (κ1) is 10.6. The van der Waals surface area contributed by atoms with E-state index in [1.165, 1.54) is 0 Å². The Kier molecular flexibility index (Phi) is 2.31. The summed E-state index contributed by atoms with van der Waals surface area (Å²) in [7, 11) is 0. The summed E-state index contributed by atoms with van der Waals surface area (Å²) in [6.45, 7) is 3.88. The van der Waals surface area contributed by atoms with E-state index in [-0.39, 0.29) is 0 Å². The van der Waals surface area contributed by atoms with Gasteiger partial charge in [-0.25, -0.2) is 0 Å². The number of β-amino-alcohol motifs (C(OH)–C–C–N with tert-alkyl or cyclic N) is 1. The van der Waals surface area contributed by atoms with Gasteiger partial charge in [0.15, 0.2) is 5.76 Å². The predicted molar refractivity (Wildman–Crippen MR) is 60.1 cm³/mol. The van der Waals surface area contributed by atoms with Crippen molar-refractivity contribution in [3.05, 3.63) is 30.2 Å². The molecule has 1 aliphatic heterocycles. The number of hydrogen-bond donors (Lipinski definition) is 1. The highest BCUT2D eigenvalue weighted by atomic mass is 16.5. The van der Waals surface area contributed by atoms with Crippen molar-refractivity contribution in [1.29, 1.82) is 0 Å². The molecule has 0 bridgehead atoms. The van der Waals surface area contributed by atoms with E-state index in [0.717, 1.165) is 5.69 Å². The highest BCUT2D eigenvalue weighted by Gasteiger charge is 2.36. The molecule has 3 rings (SSSR count). The molecule has 5 nitrogen and oxygen atoms in total. The van der Waals surface area contributed by atoms with E-state index in [9.17, 15) is 5.11 Å². The maximum atomic E-state index is 9.62. The van der Waals surface area contributed by atoms with E-state index < -0.39 is 5.60 Å². The van der Waals surface area contributed by atoms with E-state index in [4.69, 9.17) is 8.94 Å². The van der Waals surface area contributed by atoms with Crippen LogP contribution in [0.3, 0.4) is 0 Å². The van der Waals surface area contributed by atoms with Crippen LogP contribution >= 0.6 is 0 Å². The van der Waals surface area contributed by atoms with Gasteiger partial charge in [-0.2, -0.15) is 0 Å². The van der Waals surface area contributed by atoms with Gasteiger partial charge < -0.3 is 14.0 Å². The molecule has 1 N–H and O–H groups in total. The first-order valence-electron chi connectivity index (χ1n) is 5.57. The molecule has 0 saturated carbocycles. The van der Waals surface area contributed by atoms with Gasteiger partial charge in [0, 0.05) is 25.7 Å². The molecule has 0 amide bonds. The number of likely N-dealkylation sites (tertiary alicyclic amines) is 1. The Hall–Kier alpha value is -1.59. The Morgan fingerprint density at radius 1 is 1.47 bits per heavy atom. The van der Waals surface area contributed by atoms with Crippen LogP contribution in [0.2, 0.25) is 0 Å². The molecule has 3 heterocycles. The second-order valence-electron chi connectivity index (χ2n) is 4.80.